The van der Waals surface area contributed by atoms with Gasteiger partial charge in [-0.1, -0.05) is 61.8 Å². The summed E-state index contributed by atoms with van der Waals surface area (Å²) in [5.41, 5.74) is 3.63. The van der Waals surface area contributed by atoms with Gasteiger partial charge >= 0.3 is 0 Å². The van der Waals surface area contributed by atoms with Crippen LogP contribution < -0.4 is 10.6 Å². The second-order valence-corrected chi connectivity index (χ2v) is 7.52. The van der Waals surface area contributed by atoms with Gasteiger partial charge in [-0.05, 0) is 30.5 Å². The number of nitrogens with one attached hydrogen (secondary N) is 2. The number of aliphatic hydroxyl groups excluding tert-OH is 1. The summed E-state index contributed by atoms with van der Waals surface area (Å²) in [5, 5.41) is 16.8. The Balaban J connectivity index is 1.99. The number of rotatable bonds is 7. The smallest absolute Gasteiger partial charge is 0.225 e. The Kier molecular flexibility index (Phi) is 6.49. The Morgan fingerprint density at radius 3 is 2.43 bits per heavy atom. The predicted octanol–water partition coefficient (Wildman–Crippen LogP) is 5.28. The molecule has 6 heteroatoms. The molecule has 0 amide bonds. The standard InChI is InChI=1S/C22H25ClN4O/c1-14(2)20(13-28)26-22-25-19(16-7-5-4-6-8-16)12-21(27-22)24-18-10-9-15(3)11-17(18)23/h4-12,14,20,28H,13H2,1-3H3,(H2,24,25,26,27)/t20-/m1/s1. The first-order valence-corrected chi connectivity index (χ1v) is 9.69. The van der Waals surface area contributed by atoms with Crippen molar-refractivity contribution in [3.05, 3.63) is 65.2 Å². The molecule has 0 fully saturated rings. The van der Waals surface area contributed by atoms with Gasteiger partial charge in [0.2, 0.25) is 5.95 Å². The summed E-state index contributed by atoms with van der Waals surface area (Å²) in [7, 11) is 0. The van der Waals surface area contributed by atoms with Gasteiger partial charge < -0.3 is 15.7 Å². The molecule has 28 heavy (non-hydrogen) atoms. The van der Waals surface area contributed by atoms with Gasteiger partial charge in [0, 0.05) is 11.6 Å². The van der Waals surface area contributed by atoms with Crippen LogP contribution in [0, 0.1) is 12.8 Å². The number of nitrogens with zero attached hydrogens (tertiary/aromatic N) is 2. The molecule has 146 valence electrons. The number of benzene rings is 2. The molecule has 3 aromatic rings. The van der Waals surface area contributed by atoms with Crippen molar-refractivity contribution in [2.24, 2.45) is 5.92 Å². The SMILES string of the molecule is Cc1ccc(Nc2cc(-c3ccccc3)nc(N[C@H](CO)C(C)C)n2)c(Cl)c1. The maximum Gasteiger partial charge on any atom is 0.225 e. The molecule has 5 nitrogen and oxygen atoms in total. The maximum atomic E-state index is 9.66. The quantitative estimate of drug-likeness (QED) is 0.507. The second-order valence-electron chi connectivity index (χ2n) is 7.11. The second kappa shape index (κ2) is 9.04. The van der Waals surface area contributed by atoms with Crippen LogP contribution in [0.3, 0.4) is 0 Å². The van der Waals surface area contributed by atoms with Crippen molar-refractivity contribution >= 4 is 29.1 Å². The van der Waals surface area contributed by atoms with Crippen molar-refractivity contribution in [2.45, 2.75) is 26.8 Å². The van der Waals surface area contributed by atoms with E-state index in [0.29, 0.717) is 16.8 Å². The molecule has 0 spiro atoms. The van der Waals surface area contributed by atoms with E-state index in [1.165, 1.54) is 0 Å². The summed E-state index contributed by atoms with van der Waals surface area (Å²) in [6.45, 7) is 6.08. The Labute approximate surface area is 170 Å². The summed E-state index contributed by atoms with van der Waals surface area (Å²) in [6.07, 6.45) is 0. The van der Waals surface area contributed by atoms with Crippen LogP contribution in [0.4, 0.5) is 17.5 Å². The molecule has 0 bridgehead atoms. The van der Waals surface area contributed by atoms with E-state index >= 15 is 0 Å². The Hall–Kier alpha value is -2.63. The molecule has 1 aromatic heterocycles. The molecular weight excluding hydrogens is 372 g/mol. The first-order chi connectivity index (χ1) is 13.5. The number of hydrogen-bond donors (Lipinski definition) is 3. The summed E-state index contributed by atoms with van der Waals surface area (Å²) in [5.74, 6) is 1.32. The maximum absolute atomic E-state index is 9.66. The summed E-state index contributed by atoms with van der Waals surface area (Å²) < 4.78 is 0. The highest BCUT2D eigenvalue weighted by atomic mass is 35.5. The van der Waals surface area contributed by atoms with Crippen LogP contribution >= 0.6 is 11.6 Å². The van der Waals surface area contributed by atoms with E-state index in [2.05, 4.69) is 20.6 Å². The lowest BCUT2D eigenvalue weighted by Gasteiger charge is -2.21. The van der Waals surface area contributed by atoms with E-state index in [4.69, 9.17) is 11.6 Å². The van der Waals surface area contributed by atoms with Crippen molar-refractivity contribution in [3.8, 4) is 11.3 Å². The van der Waals surface area contributed by atoms with Gasteiger partial charge in [0.25, 0.3) is 0 Å². The minimum absolute atomic E-state index is 0.00312. The minimum atomic E-state index is -0.137. The van der Waals surface area contributed by atoms with Gasteiger partial charge in [-0.2, -0.15) is 4.98 Å². The van der Waals surface area contributed by atoms with E-state index < -0.39 is 0 Å². The third-order valence-electron chi connectivity index (χ3n) is 4.50. The third-order valence-corrected chi connectivity index (χ3v) is 4.81. The van der Waals surface area contributed by atoms with Gasteiger partial charge in [0.15, 0.2) is 0 Å². The van der Waals surface area contributed by atoms with E-state index in [0.717, 1.165) is 22.5 Å². The van der Waals surface area contributed by atoms with Crippen LogP contribution in [-0.2, 0) is 0 Å². The highest BCUT2D eigenvalue weighted by Crippen LogP contribution is 2.28. The Morgan fingerprint density at radius 2 is 1.79 bits per heavy atom. The van der Waals surface area contributed by atoms with Crippen molar-refractivity contribution in [1.82, 2.24) is 9.97 Å². The molecule has 0 unspecified atom stereocenters. The first-order valence-electron chi connectivity index (χ1n) is 9.31. The van der Waals surface area contributed by atoms with Crippen molar-refractivity contribution in [3.63, 3.8) is 0 Å². The average molecular weight is 397 g/mol. The summed E-state index contributed by atoms with van der Waals surface area (Å²) in [4.78, 5) is 9.23. The third kappa shape index (κ3) is 5.00. The van der Waals surface area contributed by atoms with Crippen LogP contribution in [0.1, 0.15) is 19.4 Å². The molecule has 0 radical (unpaired) electrons. The molecule has 3 rings (SSSR count). The van der Waals surface area contributed by atoms with Gasteiger partial charge in [0.05, 0.1) is 29.1 Å². The molecule has 0 saturated heterocycles. The van der Waals surface area contributed by atoms with Gasteiger partial charge in [0.1, 0.15) is 5.82 Å². The predicted molar refractivity (Wildman–Crippen MR) is 116 cm³/mol. The molecule has 3 N–H and O–H groups in total. The first kappa shape index (κ1) is 20.1. The van der Waals surface area contributed by atoms with Crippen LogP contribution in [0.5, 0.6) is 0 Å². The lowest BCUT2D eigenvalue weighted by molar-refractivity contribution is 0.248. The lowest BCUT2D eigenvalue weighted by atomic mass is 10.1. The Bertz CT molecular complexity index is 931. The zero-order valence-electron chi connectivity index (χ0n) is 16.3. The number of anilines is 3. The molecule has 0 aliphatic heterocycles. The fourth-order valence-corrected chi connectivity index (χ4v) is 3.06. The molecule has 2 aromatic carbocycles. The zero-order chi connectivity index (χ0) is 20.1. The van der Waals surface area contributed by atoms with Crippen LogP contribution in [0.2, 0.25) is 5.02 Å². The largest absolute Gasteiger partial charge is 0.394 e. The fraction of sp³-hybridized carbons (Fsp3) is 0.273. The van der Waals surface area contributed by atoms with E-state index in [9.17, 15) is 5.11 Å². The number of aryl methyl sites for hydroxylation is 1. The molecule has 0 aliphatic rings. The van der Waals surface area contributed by atoms with Crippen molar-refractivity contribution < 1.29 is 5.11 Å². The minimum Gasteiger partial charge on any atom is -0.394 e. The highest BCUT2D eigenvalue weighted by Gasteiger charge is 2.15. The zero-order valence-corrected chi connectivity index (χ0v) is 17.0. The van der Waals surface area contributed by atoms with Crippen molar-refractivity contribution in [1.29, 1.82) is 0 Å². The van der Waals surface area contributed by atoms with E-state index in [1.807, 2.05) is 75.4 Å². The van der Waals surface area contributed by atoms with E-state index in [-0.39, 0.29) is 18.6 Å². The lowest BCUT2D eigenvalue weighted by Crippen LogP contribution is -2.30. The average Bonchev–Trinajstić information content (AvgIpc) is 2.68. The van der Waals surface area contributed by atoms with Gasteiger partial charge in [-0.3, -0.25) is 0 Å². The fourth-order valence-electron chi connectivity index (χ4n) is 2.78. The van der Waals surface area contributed by atoms with E-state index in [1.54, 1.807) is 0 Å². The molecule has 1 heterocycles. The summed E-state index contributed by atoms with van der Waals surface area (Å²) in [6, 6.07) is 17.5. The monoisotopic (exact) mass is 396 g/mol. The number of aliphatic hydroxyl groups is 1. The van der Waals surface area contributed by atoms with Gasteiger partial charge in [-0.15, -0.1) is 0 Å². The normalized spacial score (nSPS) is 12.1. The highest BCUT2D eigenvalue weighted by molar-refractivity contribution is 6.33. The van der Waals surface area contributed by atoms with Crippen LogP contribution in [0.25, 0.3) is 11.3 Å². The molecule has 0 aliphatic carbocycles. The van der Waals surface area contributed by atoms with Crippen molar-refractivity contribution in [2.75, 3.05) is 17.2 Å². The molecule has 0 saturated carbocycles. The number of halogens is 1. The summed E-state index contributed by atoms with van der Waals surface area (Å²) >= 11 is 6.37. The number of hydrogen-bond acceptors (Lipinski definition) is 5. The van der Waals surface area contributed by atoms with Crippen LogP contribution in [0.15, 0.2) is 54.6 Å². The van der Waals surface area contributed by atoms with Crippen LogP contribution in [-0.4, -0.2) is 27.7 Å². The molecular formula is C22H25ClN4O. The van der Waals surface area contributed by atoms with Gasteiger partial charge in [-0.25, -0.2) is 4.98 Å². The molecule has 1 atom stereocenters. The number of aromatic nitrogens is 2. The topological polar surface area (TPSA) is 70.1 Å². The Morgan fingerprint density at radius 1 is 1.04 bits per heavy atom.